The summed E-state index contributed by atoms with van der Waals surface area (Å²) < 4.78 is 37.8. The van der Waals surface area contributed by atoms with Crippen molar-refractivity contribution in [2.75, 3.05) is 18.6 Å². The predicted octanol–water partition coefficient (Wildman–Crippen LogP) is 3.07. The second-order valence-electron chi connectivity index (χ2n) is 5.17. The molecule has 1 aromatic carbocycles. The first-order valence-corrected chi connectivity index (χ1v) is 6.98. The van der Waals surface area contributed by atoms with Gasteiger partial charge >= 0.3 is 6.55 Å². The maximum absolute atomic E-state index is 13.0. The molecule has 1 aromatic heterocycles. The lowest BCUT2D eigenvalue weighted by molar-refractivity contribution is 0.0668. The Morgan fingerprint density at radius 2 is 2.27 bits per heavy atom. The number of methoxy groups -OCH3 is 1. The molecule has 1 unspecified atom stereocenters. The normalized spacial score (nSPS) is 17.3. The van der Waals surface area contributed by atoms with Crippen molar-refractivity contribution >= 4 is 5.69 Å². The lowest BCUT2D eigenvalue weighted by Gasteiger charge is -2.35. The third kappa shape index (κ3) is 2.70. The van der Waals surface area contributed by atoms with E-state index in [2.05, 4.69) is 4.98 Å². The number of alkyl halides is 2. The van der Waals surface area contributed by atoms with E-state index in [-0.39, 0.29) is 12.6 Å². The second kappa shape index (κ2) is 5.82. The first-order valence-electron chi connectivity index (χ1n) is 6.98. The number of hydrogen-bond acceptors (Lipinski definition) is 4. The minimum atomic E-state index is -2.60. The molecule has 0 bridgehead atoms. The van der Waals surface area contributed by atoms with Crippen LogP contribution in [-0.2, 0) is 6.54 Å². The Balaban J connectivity index is 1.92. The van der Waals surface area contributed by atoms with E-state index in [1.807, 2.05) is 30.0 Å². The molecule has 22 heavy (non-hydrogen) atoms. The zero-order valence-corrected chi connectivity index (χ0v) is 12.4. The van der Waals surface area contributed by atoms with Crippen molar-refractivity contribution in [2.24, 2.45) is 0 Å². The van der Waals surface area contributed by atoms with Gasteiger partial charge in [0.15, 0.2) is 0 Å². The number of ether oxygens (including phenoxy) is 2. The molecular weight excluding hydrogens is 292 g/mol. The number of rotatable bonds is 4. The highest BCUT2D eigenvalue weighted by molar-refractivity contribution is 5.63. The Hall–Kier alpha value is -2.31. The molecule has 0 N–H and O–H groups in total. The highest BCUT2D eigenvalue weighted by atomic mass is 19.3. The fraction of sp³-hybridized carbons (Fsp3) is 0.400. The summed E-state index contributed by atoms with van der Waals surface area (Å²) in [7, 11) is 1.59. The van der Waals surface area contributed by atoms with Gasteiger partial charge in [0.25, 0.3) is 0 Å². The molecule has 0 saturated heterocycles. The minimum absolute atomic E-state index is 0.0316. The molecule has 7 heteroatoms. The average Bonchev–Trinajstić information content (AvgIpc) is 2.95. The first-order chi connectivity index (χ1) is 10.6. The highest BCUT2D eigenvalue weighted by Gasteiger charge is 2.25. The summed E-state index contributed by atoms with van der Waals surface area (Å²) in [6.07, 6.45) is 2.64. The quantitative estimate of drug-likeness (QED) is 0.870. The number of halogens is 2. The van der Waals surface area contributed by atoms with Crippen molar-refractivity contribution in [3.8, 4) is 11.5 Å². The number of fused-ring (bicyclic) bond motifs is 1. The molecule has 0 spiro atoms. The van der Waals surface area contributed by atoms with Crippen LogP contribution in [-0.4, -0.2) is 29.3 Å². The molecule has 1 atom stereocenters. The molecule has 5 nitrogen and oxygen atoms in total. The van der Waals surface area contributed by atoms with Crippen molar-refractivity contribution in [1.82, 2.24) is 9.55 Å². The Labute approximate surface area is 127 Å². The molecule has 1 aliphatic heterocycles. The molecule has 0 radical (unpaired) electrons. The Kier molecular flexibility index (Phi) is 3.87. The summed E-state index contributed by atoms with van der Waals surface area (Å²) in [5.74, 6) is 1.73. The lowest BCUT2D eigenvalue weighted by Crippen LogP contribution is -2.38. The van der Waals surface area contributed by atoms with E-state index in [0.29, 0.717) is 18.1 Å². The van der Waals surface area contributed by atoms with Gasteiger partial charge in [-0.15, -0.1) is 0 Å². The van der Waals surface area contributed by atoms with Crippen LogP contribution >= 0.6 is 0 Å². The number of anilines is 1. The Morgan fingerprint density at radius 3 is 3.00 bits per heavy atom. The molecule has 3 rings (SSSR count). The molecule has 0 saturated carbocycles. The van der Waals surface area contributed by atoms with Crippen LogP contribution in [0.5, 0.6) is 11.5 Å². The van der Waals surface area contributed by atoms with Gasteiger partial charge in [-0.2, -0.15) is 8.78 Å². The molecule has 0 aliphatic carbocycles. The van der Waals surface area contributed by atoms with Gasteiger partial charge in [0.2, 0.25) is 0 Å². The summed E-state index contributed by atoms with van der Waals surface area (Å²) in [5, 5.41) is 0. The molecular formula is C15H17F2N3O2. The van der Waals surface area contributed by atoms with Gasteiger partial charge in [-0.3, -0.25) is 4.57 Å². The van der Waals surface area contributed by atoms with Crippen LogP contribution in [0.4, 0.5) is 14.5 Å². The average molecular weight is 309 g/mol. The summed E-state index contributed by atoms with van der Waals surface area (Å²) >= 11 is 0. The monoisotopic (exact) mass is 309 g/mol. The predicted molar refractivity (Wildman–Crippen MR) is 77.6 cm³/mol. The minimum Gasteiger partial charge on any atom is -0.497 e. The van der Waals surface area contributed by atoms with Crippen LogP contribution in [0.1, 0.15) is 19.3 Å². The fourth-order valence-corrected chi connectivity index (χ4v) is 2.60. The lowest BCUT2D eigenvalue weighted by atomic mass is 10.2. The highest BCUT2D eigenvalue weighted by Crippen LogP contribution is 2.37. The van der Waals surface area contributed by atoms with Crippen LogP contribution in [0, 0.1) is 0 Å². The first kappa shape index (κ1) is 14.6. The van der Waals surface area contributed by atoms with E-state index in [0.717, 1.165) is 16.0 Å². The largest absolute Gasteiger partial charge is 0.497 e. The van der Waals surface area contributed by atoms with Gasteiger partial charge in [0.1, 0.15) is 23.4 Å². The van der Waals surface area contributed by atoms with Gasteiger partial charge in [0, 0.05) is 18.5 Å². The maximum atomic E-state index is 13.0. The topological polar surface area (TPSA) is 39.5 Å². The standard InChI is InChI=1S/C15H17F2N3O2/c1-10-8-19(9-14-18-5-6-20(14)15(16)17)12-7-11(21-2)3-4-13(12)22-10/h3-7,10,15H,8-9H2,1-2H3. The van der Waals surface area contributed by atoms with Crippen LogP contribution in [0.25, 0.3) is 0 Å². The number of benzene rings is 1. The smallest absolute Gasteiger partial charge is 0.319 e. The van der Waals surface area contributed by atoms with E-state index >= 15 is 0 Å². The summed E-state index contributed by atoms with van der Waals surface area (Å²) in [6, 6.07) is 5.49. The van der Waals surface area contributed by atoms with E-state index in [1.54, 1.807) is 7.11 Å². The summed E-state index contributed by atoms with van der Waals surface area (Å²) in [4.78, 5) is 6.02. The van der Waals surface area contributed by atoms with Crippen molar-refractivity contribution in [2.45, 2.75) is 26.1 Å². The van der Waals surface area contributed by atoms with Crippen molar-refractivity contribution in [1.29, 1.82) is 0 Å². The Morgan fingerprint density at radius 1 is 1.45 bits per heavy atom. The molecule has 118 valence electrons. The van der Waals surface area contributed by atoms with Gasteiger partial charge in [-0.25, -0.2) is 4.98 Å². The van der Waals surface area contributed by atoms with E-state index in [4.69, 9.17) is 9.47 Å². The summed E-state index contributed by atoms with van der Waals surface area (Å²) in [6.45, 7) is 0.224. The number of hydrogen-bond donors (Lipinski definition) is 0. The van der Waals surface area contributed by atoms with Crippen LogP contribution in [0.2, 0.25) is 0 Å². The zero-order valence-electron chi connectivity index (χ0n) is 12.4. The van der Waals surface area contributed by atoms with Gasteiger partial charge in [-0.1, -0.05) is 0 Å². The molecule has 2 heterocycles. The van der Waals surface area contributed by atoms with Crippen molar-refractivity contribution in [3.05, 3.63) is 36.4 Å². The fourth-order valence-electron chi connectivity index (χ4n) is 2.60. The van der Waals surface area contributed by atoms with Crippen LogP contribution in [0.15, 0.2) is 30.6 Å². The van der Waals surface area contributed by atoms with Gasteiger partial charge in [-0.05, 0) is 19.1 Å². The van der Waals surface area contributed by atoms with Crippen molar-refractivity contribution < 1.29 is 18.3 Å². The van der Waals surface area contributed by atoms with Gasteiger partial charge < -0.3 is 14.4 Å². The molecule has 1 aliphatic rings. The third-order valence-electron chi connectivity index (χ3n) is 3.60. The van der Waals surface area contributed by atoms with Gasteiger partial charge in [0.05, 0.1) is 25.9 Å². The third-order valence-corrected chi connectivity index (χ3v) is 3.60. The molecule has 0 fully saturated rings. The number of imidazole rings is 1. The second-order valence-corrected chi connectivity index (χ2v) is 5.17. The summed E-state index contributed by atoms with van der Waals surface area (Å²) in [5.41, 5.74) is 0.821. The zero-order chi connectivity index (χ0) is 15.7. The van der Waals surface area contributed by atoms with E-state index in [9.17, 15) is 8.78 Å². The van der Waals surface area contributed by atoms with Crippen LogP contribution in [0.3, 0.4) is 0 Å². The Bertz CT molecular complexity index is 660. The van der Waals surface area contributed by atoms with E-state index in [1.165, 1.54) is 12.4 Å². The van der Waals surface area contributed by atoms with Crippen LogP contribution < -0.4 is 14.4 Å². The van der Waals surface area contributed by atoms with Crippen molar-refractivity contribution in [3.63, 3.8) is 0 Å². The molecule has 2 aromatic rings. The number of nitrogens with zero attached hydrogens (tertiary/aromatic N) is 3. The molecule has 0 amide bonds. The van der Waals surface area contributed by atoms with E-state index < -0.39 is 6.55 Å². The number of aromatic nitrogens is 2. The maximum Gasteiger partial charge on any atom is 0.319 e. The SMILES string of the molecule is COc1ccc2c(c1)N(Cc1nccn1C(F)F)CC(C)O2.